The van der Waals surface area contributed by atoms with E-state index in [1.165, 1.54) is 0 Å². The quantitative estimate of drug-likeness (QED) is 0.477. The van der Waals surface area contributed by atoms with E-state index in [1.807, 2.05) is 0 Å². The highest BCUT2D eigenvalue weighted by atomic mass is 127. The summed E-state index contributed by atoms with van der Waals surface area (Å²) in [5.74, 6) is -0.942. The second-order valence-electron chi connectivity index (χ2n) is 2.60. The Kier molecular flexibility index (Phi) is 4.16. The van der Waals surface area contributed by atoms with Gasteiger partial charge in [-0.25, -0.2) is 9.37 Å². The maximum Gasteiger partial charge on any atom is 0.573 e. The first-order valence-electron chi connectivity index (χ1n) is 3.92. The van der Waals surface area contributed by atoms with Gasteiger partial charge in [0.2, 0.25) is 0 Å². The highest BCUT2D eigenvalue weighted by Gasteiger charge is 2.33. The number of methoxy groups -OCH3 is 1. The van der Waals surface area contributed by atoms with Crippen LogP contribution in [0.3, 0.4) is 0 Å². The van der Waals surface area contributed by atoms with Crippen molar-refractivity contribution >= 4 is 22.6 Å². The third kappa shape index (κ3) is 3.35. The van der Waals surface area contributed by atoms with Crippen LogP contribution in [0.1, 0.15) is 5.69 Å². The van der Waals surface area contributed by atoms with Crippen LogP contribution in [0, 0.1) is 3.70 Å². The van der Waals surface area contributed by atoms with Gasteiger partial charge < -0.3 is 9.47 Å². The molecule has 0 aliphatic rings. The molecule has 0 fully saturated rings. The molecule has 0 atom stereocenters. The van der Waals surface area contributed by atoms with Crippen LogP contribution in [-0.4, -0.2) is 18.5 Å². The van der Waals surface area contributed by atoms with Crippen molar-refractivity contribution in [3.05, 3.63) is 15.5 Å². The summed E-state index contributed by atoms with van der Waals surface area (Å²) < 4.78 is 57.1. The number of nitrogens with zero attached hydrogens (tertiary/aromatic N) is 1. The van der Waals surface area contributed by atoms with Gasteiger partial charge in [0.05, 0.1) is 7.11 Å². The standard InChI is InChI=1S/C8H6F4INO2/c1-15-7-4(3-9)14-6(13)2-5(7)16-8(10,11)12/h2H,3H2,1H3. The van der Waals surface area contributed by atoms with E-state index >= 15 is 0 Å². The number of rotatable bonds is 3. The van der Waals surface area contributed by atoms with Gasteiger partial charge in [0.15, 0.2) is 11.5 Å². The monoisotopic (exact) mass is 351 g/mol. The van der Waals surface area contributed by atoms with Gasteiger partial charge in [-0.2, -0.15) is 0 Å². The minimum atomic E-state index is -4.86. The minimum Gasteiger partial charge on any atom is -0.491 e. The third-order valence-electron chi connectivity index (χ3n) is 1.53. The number of hydrogen-bond acceptors (Lipinski definition) is 3. The molecule has 1 aromatic heterocycles. The summed E-state index contributed by atoms with van der Waals surface area (Å²) in [5.41, 5.74) is -0.228. The zero-order valence-corrected chi connectivity index (χ0v) is 10.1. The summed E-state index contributed by atoms with van der Waals surface area (Å²) in [5, 5.41) is 0. The molecule has 8 heteroatoms. The molecule has 0 saturated heterocycles. The fraction of sp³-hybridized carbons (Fsp3) is 0.375. The second kappa shape index (κ2) is 5.02. The van der Waals surface area contributed by atoms with E-state index in [-0.39, 0.29) is 15.1 Å². The topological polar surface area (TPSA) is 31.4 Å². The summed E-state index contributed by atoms with van der Waals surface area (Å²) in [4.78, 5) is 3.69. The molecule has 0 aromatic carbocycles. The van der Waals surface area contributed by atoms with E-state index < -0.39 is 18.8 Å². The molecule has 1 rings (SSSR count). The summed E-state index contributed by atoms with van der Waals surface area (Å²) in [7, 11) is 1.12. The maximum atomic E-state index is 12.5. The molecule has 0 spiro atoms. The predicted molar refractivity (Wildman–Crippen MR) is 55.0 cm³/mol. The summed E-state index contributed by atoms with van der Waals surface area (Å²) in [6.07, 6.45) is -4.86. The Morgan fingerprint density at radius 3 is 2.50 bits per heavy atom. The van der Waals surface area contributed by atoms with Crippen LogP contribution in [-0.2, 0) is 6.67 Å². The van der Waals surface area contributed by atoms with Gasteiger partial charge in [0.1, 0.15) is 16.1 Å². The lowest BCUT2D eigenvalue weighted by Gasteiger charge is -2.14. The lowest BCUT2D eigenvalue weighted by molar-refractivity contribution is -0.275. The van der Waals surface area contributed by atoms with Crippen LogP contribution in [0.15, 0.2) is 6.07 Å². The largest absolute Gasteiger partial charge is 0.573 e. The lowest BCUT2D eigenvalue weighted by Crippen LogP contribution is -2.18. The van der Waals surface area contributed by atoms with Gasteiger partial charge in [-0.1, -0.05) is 0 Å². The molecule has 0 N–H and O–H groups in total. The highest BCUT2D eigenvalue weighted by Crippen LogP contribution is 2.35. The molecular formula is C8H6F4INO2. The molecule has 16 heavy (non-hydrogen) atoms. The normalized spacial score (nSPS) is 11.4. The average Bonchev–Trinajstić information content (AvgIpc) is 2.14. The third-order valence-corrected chi connectivity index (χ3v) is 2.09. The van der Waals surface area contributed by atoms with Gasteiger partial charge in [-0.3, -0.25) is 0 Å². The van der Waals surface area contributed by atoms with Crippen molar-refractivity contribution < 1.29 is 27.0 Å². The SMILES string of the molecule is COc1c(OC(F)(F)F)cc(I)nc1CF. The number of alkyl halides is 4. The molecule has 0 aliphatic heterocycles. The van der Waals surface area contributed by atoms with E-state index in [1.54, 1.807) is 22.6 Å². The van der Waals surface area contributed by atoms with E-state index in [0.29, 0.717) is 0 Å². The number of pyridine rings is 1. The van der Waals surface area contributed by atoms with Gasteiger partial charge in [0, 0.05) is 6.07 Å². The molecule has 3 nitrogen and oxygen atoms in total. The van der Waals surface area contributed by atoms with E-state index in [2.05, 4.69) is 14.5 Å². The minimum absolute atomic E-state index is 0.185. The van der Waals surface area contributed by atoms with Crippen LogP contribution in [0.4, 0.5) is 17.6 Å². The second-order valence-corrected chi connectivity index (χ2v) is 3.71. The van der Waals surface area contributed by atoms with Gasteiger partial charge in [-0.05, 0) is 22.6 Å². The summed E-state index contributed by atoms with van der Waals surface area (Å²) >= 11 is 1.66. The summed E-state index contributed by atoms with van der Waals surface area (Å²) in [6, 6.07) is 1.02. The van der Waals surface area contributed by atoms with Gasteiger partial charge >= 0.3 is 6.36 Å². The highest BCUT2D eigenvalue weighted by molar-refractivity contribution is 14.1. The van der Waals surface area contributed by atoms with Crippen molar-refractivity contribution in [3.63, 3.8) is 0 Å². The molecule has 0 unspecified atom stereocenters. The Morgan fingerprint density at radius 1 is 1.44 bits per heavy atom. The fourth-order valence-corrected chi connectivity index (χ4v) is 1.61. The van der Waals surface area contributed by atoms with Gasteiger partial charge in [0.25, 0.3) is 0 Å². The smallest absolute Gasteiger partial charge is 0.491 e. The molecule has 0 saturated carbocycles. The van der Waals surface area contributed by atoms with Crippen LogP contribution in [0.25, 0.3) is 0 Å². The van der Waals surface area contributed by atoms with Crippen molar-refractivity contribution in [1.82, 2.24) is 4.98 Å². The number of hydrogen-bond donors (Lipinski definition) is 0. The molecule has 90 valence electrons. The zero-order chi connectivity index (χ0) is 12.3. The molecular weight excluding hydrogens is 345 g/mol. The average molecular weight is 351 g/mol. The van der Waals surface area contributed by atoms with Crippen molar-refractivity contribution in [2.24, 2.45) is 0 Å². The Bertz CT molecular complexity index is 383. The Hall–Kier alpha value is -0.800. The molecule has 0 aliphatic carbocycles. The van der Waals surface area contributed by atoms with E-state index in [0.717, 1.165) is 13.2 Å². The Morgan fingerprint density at radius 2 is 2.06 bits per heavy atom. The van der Waals surface area contributed by atoms with Crippen LogP contribution in [0.5, 0.6) is 11.5 Å². The Balaban J connectivity index is 3.20. The first-order chi connectivity index (χ1) is 7.37. The number of ether oxygens (including phenoxy) is 2. The molecule has 0 amide bonds. The molecule has 0 radical (unpaired) electrons. The molecule has 1 heterocycles. The van der Waals surface area contributed by atoms with Crippen LogP contribution in [0.2, 0.25) is 0 Å². The number of aromatic nitrogens is 1. The van der Waals surface area contributed by atoms with E-state index in [4.69, 9.17) is 0 Å². The summed E-state index contributed by atoms with van der Waals surface area (Å²) in [6.45, 7) is -1.03. The number of halogens is 5. The van der Waals surface area contributed by atoms with Crippen LogP contribution < -0.4 is 9.47 Å². The predicted octanol–water partition coefficient (Wildman–Crippen LogP) is 3.06. The first-order valence-corrected chi connectivity index (χ1v) is 5.00. The van der Waals surface area contributed by atoms with Crippen molar-refractivity contribution in [2.75, 3.05) is 7.11 Å². The van der Waals surface area contributed by atoms with Crippen molar-refractivity contribution in [3.8, 4) is 11.5 Å². The van der Waals surface area contributed by atoms with E-state index in [9.17, 15) is 17.6 Å². The Labute approximate surface area is 102 Å². The zero-order valence-electron chi connectivity index (χ0n) is 7.94. The van der Waals surface area contributed by atoms with Crippen molar-refractivity contribution in [2.45, 2.75) is 13.0 Å². The van der Waals surface area contributed by atoms with Crippen molar-refractivity contribution in [1.29, 1.82) is 0 Å². The van der Waals surface area contributed by atoms with Gasteiger partial charge in [-0.15, -0.1) is 13.2 Å². The lowest BCUT2D eigenvalue weighted by atomic mass is 10.3. The fourth-order valence-electron chi connectivity index (χ4n) is 1.04. The maximum absolute atomic E-state index is 12.5. The van der Waals surface area contributed by atoms with Crippen LogP contribution >= 0.6 is 22.6 Å². The molecule has 1 aromatic rings. The molecule has 0 bridgehead atoms. The first kappa shape index (κ1) is 13.3.